The number of para-hydroxylation sites is 1. The average Bonchev–Trinajstić information content (AvgIpc) is 2.48. The van der Waals surface area contributed by atoms with Gasteiger partial charge in [0.1, 0.15) is 5.75 Å². The van der Waals surface area contributed by atoms with E-state index in [-0.39, 0.29) is 5.91 Å². The molecule has 1 heterocycles. The normalized spacial score (nSPS) is 16.4. The molecule has 19 heavy (non-hydrogen) atoms. The Balaban J connectivity index is 1.67. The first-order valence-corrected chi connectivity index (χ1v) is 7.34. The first-order chi connectivity index (χ1) is 9.29. The number of ether oxygens (including phenoxy) is 1. The number of amides is 1. The highest BCUT2D eigenvalue weighted by atomic mass is 35.5. The number of likely N-dealkylation sites (tertiary alicyclic amines) is 1. The van der Waals surface area contributed by atoms with E-state index in [0.29, 0.717) is 24.8 Å². The van der Waals surface area contributed by atoms with Crippen LogP contribution in [0.15, 0.2) is 30.3 Å². The number of hydrogen-bond donors (Lipinski definition) is 0. The summed E-state index contributed by atoms with van der Waals surface area (Å²) in [7, 11) is 0. The van der Waals surface area contributed by atoms with Crippen molar-refractivity contribution in [1.82, 2.24) is 4.90 Å². The summed E-state index contributed by atoms with van der Waals surface area (Å²) in [4.78, 5) is 13.9. The largest absolute Gasteiger partial charge is 0.493 e. The Kier molecular flexibility index (Phi) is 5.52. The molecule has 1 aliphatic heterocycles. The Morgan fingerprint density at radius 2 is 1.95 bits per heavy atom. The number of hydrogen-bond acceptors (Lipinski definition) is 2. The van der Waals surface area contributed by atoms with E-state index in [1.54, 1.807) is 0 Å². The minimum atomic E-state index is 0.184. The van der Waals surface area contributed by atoms with E-state index in [4.69, 9.17) is 16.3 Å². The third-order valence-electron chi connectivity index (χ3n) is 3.51. The lowest BCUT2D eigenvalue weighted by Gasteiger charge is -2.31. The Hall–Kier alpha value is -1.22. The molecule has 1 amide bonds. The number of nitrogens with zero attached hydrogens (tertiary/aromatic N) is 1. The zero-order chi connectivity index (χ0) is 13.5. The molecule has 1 aromatic rings. The number of piperidine rings is 1. The van der Waals surface area contributed by atoms with Crippen LogP contribution < -0.4 is 4.74 Å². The second-order valence-electron chi connectivity index (χ2n) is 4.89. The Bertz CT molecular complexity index is 388. The maximum atomic E-state index is 12.0. The van der Waals surface area contributed by atoms with Crippen LogP contribution in [0, 0.1) is 5.92 Å². The number of carbonyl (C=O) groups is 1. The molecule has 1 aromatic carbocycles. The molecular formula is C15H20ClNO2. The lowest BCUT2D eigenvalue weighted by molar-refractivity contribution is -0.133. The molecule has 0 bridgehead atoms. The monoisotopic (exact) mass is 281 g/mol. The number of alkyl halides is 1. The molecule has 0 radical (unpaired) electrons. The van der Waals surface area contributed by atoms with Gasteiger partial charge in [0.05, 0.1) is 13.0 Å². The zero-order valence-corrected chi connectivity index (χ0v) is 11.8. The van der Waals surface area contributed by atoms with Crippen LogP contribution in [0.3, 0.4) is 0 Å². The van der Waals surface area contributed by atoms with Gasteiger partial charge in [0, 0.05) is 19.0 Å². The first kappa shape index (κ1) is 14.2. The van der Waals surface area contributed by atoms with Gasteiger partial charge in [-0.15, -0.1) is 11.6 Å². The molecule has 1 aliphatic rings. The summed E-state index contributed by atoms with van der Waals surface area (Å²) in [6.45, 7) is 2.11. The molecule has 1 saturated heterocycles. The quantitative estimate of drug-likeness (QED) is 0.777. The van der Waals surface area contributed by atoms with Crippen LogP contribution in [0.5, 0.6) is 5.75 Å². The Morgan fingerprint density at radius 3 is 2.58 bits per heavy atom. The molecule has 0 unspecified atom stereocenters. The summed E-state index contributed by atoms with van der Waals surface area (Å²) in [5.41, 5.74) is 0. The molecule has 4 heteroatoms. The standard InChI is InChI=1S/C15H20ClNO2/c16-12-13-6-9-17(10-7-13)15(18)8-11-19-14-4-2-1-3-5-14/h1-5,13H,6-12H2. The summed E-state index contributed by atoms with van der Waals surface area (Å²) in [5, 5.41) is 0. The van der Waals surface area contributed by atoms with Crippen LogP contribution in [0.2, 0.25) is 0 Å². The van der Waals surface area contributed by atoms with Crippen molar-refractivity contribution >= 4 is 17.5 Å². The van der Waals surface area contributed by atoms with Gasteiger partial charge in [-0.25, -0.2) is 0 Å². The van der Waals surface area contributed by atoms with Crippen LogP contribution in [-0.2, 0) is 4.79 Å². The van der Waals surface area contributed by atoms with Gasteiger partial charge in [0.15, 0.2) is 0 Å². The molecule has 2 rings (SSSR count). The second kappa shape index (κ2) is 7.39. The van der Waals surface area contributed by atoms with Crippen molar-refractivity contribution in [3.63, 3.8) is 0 Å². The summed E-state index contributed by atoms with van der Waals surface area (Å²) in [5.74, 6) is 2.28. The van der Waals surface area contributed by atoms with E-state index < -0.39 is 0 Å². The zero-order valence-electron chi connectivity index (χ0n) is 11.1. The molecule has 0 atom stereocenters. The number of halogens is 1. The van der Waals surface area contributed by atoms with Crippen molar-refractivity contribution < 1.29 is 9.53 Å². The van der Waals surface area contributed by atoms with Gasteiger partial charge in [-0.1, -0.05) is 18.2 Å². The van der Waals surface area contributed by atoms with Crippen molar-refractivity contribution in [2.45, 2.75) is 19.3 Å². The summed E-state index contributed by atoms with van der Waals surface area (Å²) in [6.07, 6.45) is 2.49. The van der Waals surface area contributed by atoms with E-state index in [2.05, 4.69) is 0 Å². The van der Waals surface area contributed by atoms with E-state index >= 15 is 0 Å². The van der Waals surface area contributed by atoms with E-state index in [0.717, 1.165) is 31.7 Å². The molecule has 1 fully saturated rings. The fraction of sp³-hybridized carbons (Fsp3) is 0.533. The predicted octanol–water partition coefficient (Wildman–Crippen LogP) is 2.93. The molecule has 104 valence electrons. The van der Waals surface area contributed by atoms with E-state index in [9.17, 15) is 4.79 Å². The lowest BCUT2D eigenvalue weighted by Crippen LogP contribution is -2.39. The summed E-state index contributed by atoms with van der Waals surface area (Å²) >= 11 is 5.84. The van der Waals surface area contributed by atoms with Crippen molar-refractivity contribution in [2.75, 3.05) is 25.6 Å². The molecule has 3 nitrogen and oxygen atoms in total. The van der Waals surface area contributed by atoms with Gasteiger partial charge < -0.3 is 9.64 Å². The van der Waals surface area contributed by atoms with Gasteiger partial charge in [-0.3, -0.25) is 4.79 Å². The van der Waals surface area contributed by atoms with Crippen molar-refractivity contribution in [1.29, 1.82) is 0 Å². The third kappa shape index (κ3) is 4.43. The summed E-state index contributed by atoms with van der Waals surface area (Å²) < 4.78 is 5.54. The van der Waals surface area contributed by atoms with Crippen LogP contribution in [0.1, 0.15) is 19.3 Å². The first-order valence-electron chi connectivity index (χ1n) is 6.81. The maximum absolute atomic E-state index is 12.0. The average molecular weight is 282 g/mol. The number of carbonyl (C=O) groups excluding carboxylic acids is 1. The highest BCUT2D eigenvalue weighted by Crippen LogP contribution is 2.19. The topological polar surface area (TPSA) is 29.5 Å². The Morgan fingerprint density at radius 1 is 1.26 bits per heavy atom. The highest BCUT2D eigenvalue weighted by molar-refractivity contribution is 6.18. The van der Waals surface area contributed by atoms with E-state index in [1.807, 2.05) is 35.2 Å². The van der Waals surface area contributed by atoms with Gasteiger partial charge >= 0.3 is 0 Å². The van der Waals surface area contributed by atoms with Crippen molar-refractivity contribution in [2.24, 2.45) is 5.92 Å². The third-order valence-corrected chi connectivity index (χ3v) is 3.95. The van der Waals surface area contributed by atoms with E-state index in [1.165, 1.54) is 0 Å². The molecule has 0 N–H and O–H groups in total. The smallest absolute Gasteiger partial charge is 0.225 e. The van der Waals surface area contributed by atoms with Gasteiger partial charge in [0.25, 0.3) is 0 Å². The molecule has 0 spiro atoms. The number of rotatable bonds is 5. The van der Waals surface area contributed by atoms with Crippen LogP contribution in [0.25, 0.3) is 0 Å². The fourth-order valence-corrected chi connectivity index (χ4v) is 2.58. The lowest BCUT2D eigenvalue weighted by atomic mass is 9.99. The SMILES string of the molecule is O=C(CCOc1ccccc1)N1CCC(CCl)CC1. The molecular weight excluding hydrogens is 262 g/mol. The molecule has 0 aromatic heterocycles. The minimum Gasteiger partial charge on any atom is -0.493 e. The predicted molar refractivity (Wildman–Crippen MR) is 76.6 cm³/mol. The van der Waals surface area contributed by atoms with Crippen LogP contribution >= 0.6 is 11.6 Å². The highest BCUT2D eigenvalue weighted by Gasteiger charge is 2.21. The second-order valence-corrected chi connectivity index (χ2v) is 5.20. The van der Waals surface area contributed by atoms with Crippen molar-refractivity contribution in [3.05, 3.63) is 30.3 Å². The maximum Gasteiger partial charge on any atom is 0.225 e. The van der Waals surface area contributed by atoms with Gasteiger partial charge in [0.2, 0.25) is 5.91 Å². The molecule has 0 aliphatic carbocycles. The number of benzene rings is 1. The summed E-state index contributed by atoms with van der Waals surface area (Å²) in [6, 6.07) is 9.59. The van der Waals surface area contributed by atoms with Crippen molar-refractivity contribution in [3.8, 4) is 5.75 Å². The Labute approximate surface area is 119 Å². The molecule has 0 saturated carbocycles. The van der Waals surface area contributed by atoms with Crippen LogP contribution in [0.4, 0.5) is 0 Å². The van der Waals surface area contributed by atoms with Gasteiger partial charge in [-0.05, 0) is 30.9 Å². The van der Waals surface area contributed by atoms with Gasteiger partial charge in [-0.2, -0.15) is 0 Å². The van der Waals surface area contributed by atoms with Crippen LogP contribution in [-0.4, -0.2) is 36.4 Å². The minimum absolute atomic E-state index is 0.184. The fourth-order valence-electron chi connectivity index (χ4n) is 2.27.